The van der Waals surface area contributed by atoms with Gasteiger partial charge in [0.1, 0.15) is 0 Å². The molecule has 0 radical (unpaired) electrons. The molecule has 1 saturated carbocycles. The summed E-state index contributed by atoms with van der Waals surface area (Å²) in [6.07, 6.45) is 2.36. The van der Waals surface area contributed by atoms with Crippen LogP contribution in [0.25, 0.3) is 0 Å². The van der Waals surface area contributed by atoms with Crippen LogP contribution in [0.2, 0.25) is 0 Å². The molecule has 0 aromatic heterocycles. The van der Waals surface area contributed by atoms with Crippen molar-refractivity contribution in [3.63, 3.8) is 0 Å². The van der Waals surface area contributed by atoms with Gasteiger partial charge in [-0.2, -0.15) is 5.26 Å². The summed E-state index contributed by atoms with van der Waals surface area (Å²) >= 11 is 0. The van der Waals surface area contributed by atoms with Gasteiger partial charge in [0.2, 0.25) is 0 Å². The maximum Gasteiger partial charge on any atom is 0.0790 e. The van der Waals surface area contributed by atoms with Crippen LogP contribution in [0.4, 0.5) is 0 Å². The molecular formula is C9H14N4. The molecule has 4 nitrogen and oxygen atoms in total. The lowest BCUT2D eigenvalue weighted by Gasteiger charge is -1.96. The van der Waals surface area contributed by atoms with Crippen LogP contribution < -0.4 is 11.5 Å². The molecule has 0 spiro atoms. The highest BCUT2D eigenvalue weighted by molar-refractivity contribution is 5.78. The number of hydrogen-bond donors (Lipinski definition) is 2. The van der Waals surface area contributed by atoms with Crippen LogP contribution in [-0.4, -0.2) is 12.3 Å². The van der Waals surface area contributed by atoms with Gasteiger partial charge in [0, 0.05) is 11.9 Å². The monoisotopic (exact) mass is 178 g/mol. The average Bonchev–Trinajstić information content (AvgIpc) is 2.74. The molecule has 0 aromatic rings. The van der Waals surface area contributed by atoms with E-state index in [1.807, 2.05) is 6.92 Å². The van der Waals surface area contributed by atoms with Crippen molar-refractivity contribution >= 4 is 6.21 Å². The molecule has 1 aliphatic carbocycles. The number of rotatable bonds is 2. The highest BCUT2D eigenvalue weighted by Gasteiger charge is 2.50. The lowest BCUT2D eigenvalue weighted by atomic mass is 10.2. The Kier molecular flexibility index (Phi) is 2.28. The SMILES string of the molecule is CC(N)=C(N)C=N[C@H]1C[C@@]1(C)C#N. The molecular weight excluding hydrogens is 164 g/mol. The largest absolute Gasteiger partial charge is 0.401 e. The van der Waals surface area contributed by atoms with E-state index in [1.165, 1.54) is 0 Å². The van der Waals surface area contributed by atoms with Crippen LogP contribution in [0.5, 0.6) is 0 Å². The molecule has 1 aliphatic rings. The minimum absolute atomic E-state index is 0.0930. The fraction of sp³-hybridized carbons (Fsp3) is 0.556. The van der Waals surface area contributed by atoms with E-state index in [2.05, 4.69) is 11.1 Å². The molecule has 4 N–H and O–H groups in total. The Bertz CT molecular complexity index is 306. The Morgan fingerprint density at radius 2 is 2.31 bits per heavy atom. The van der Waals surface area contributed by atoms with E-state index in [4.69, 9.17) is 16.7 Å². The summed E-state index contributed by atoms with van der Waals surface area (Å²) in [5.74, 6) is 0. The van der Waals surface area contributed by atoms with E-state index in [1.54, 1.807) is 13.1 Å². The van der Waals surface area contributed by atoms with E-state index < -0.39 is 0 Å². The van der Waals surface area contributed by atoms with E-state index in [0.717, 1.165) is 6.42 Å². The number of nitriles is 1. The van der Waals surface area contributed by atoms with Crippen LogP contribution >= 0.6 is 0 Å². The quantitative estimate of drug-likeness (QED) is 0.604. The van der Waals surface area contributed by atoms with Gasteiger partial charge in [-0.15, -0.1) is 0 Å². The summed E-state index contributed by atoms with van der Waals surface area (Å²) in [6, 6.07) is 2.31. The predicted molar refractivity (Wildman–Crippen MR) is 51.7 cm³/mol. The first-order valence-corrected chi connectivity index (χ1v) is 4.16. The van der Waals surface area contributed by atoms with Gasteiger partial charge in [0.15, 0.2) is 0 Å². The van der Waals surface area contributed by atoms with E-state index >= 15 is 0 Å². The van der Waals surface area contributed by atoms with Crippen molar-refractivity contribution < 1.29 is 0 Å². The third-order valence-electron chi connectivity index (χ3n) is 2.30. The highest BCUT2D eigenvalue weighted by Crippen LogP contribution is 2.47. The van der Waals surface area contributed by atoms with Crippen molar-refractivity contribution in [2.75, 3.05) is 0 Å². The molecule has 1 rings (SSSR count). The molecule has 13 heavy (non-hydrogen) atoms. The molecule has 0 aromatic carbocycles. The number of hydrogen-bond acceptors (Lipinski definition) is 4. The molecule has 0 saturated heterocycles. The standard InChI is InChI=1S/C9H14N4/c1-6(11)7(12)4-13-8-3-9(8,2)5-10/h4,8H,3,11-12H2,1-2H3/t8-,9-/m0/s1. The van der Waals surface area contributed by atoms with Crippen molar-refractivity contribution in [1.29, 1.82) is 5.26 Å². The maximum absolute atomic E-state index is 8.72. The first kappa shape index (κ1) is 9.59. The zero-order chi connectivity index (χ0) is 10.1. The van der Waals surface area contributed by atoms with Crippen molar-refractivity contribution in [2.45, 2.75) is 26.3 Å². The Morgan fingerprint density at radius 3 is 2.69 bits per heavy atom. The minimum Gasteiger partial charge on any atom is -0.401 e. The number of allylic oxidation sites excluding steroid dienone is 2. The van der Waals surface area contributed by atoms with Crippen molar-refractivity contribution in [2.24, 2.45) is 21.9 Å². The van der Waals surface area contributed by atoms with Gasteiger partial charge in [-0.1, -0.05) is 0 Å². The second-order valence-corrected chi connectivity index (χ2v) is 3.67. The Hall–Kier alpha value is -1.50. The summed E-state index contributed by atoms with van der Waals surface area (Å²) < 4.78 is 0. The zero-order valence-corrected chi connectivity index (χ0v) is 7.91. The van der Waals surface area contributed by atoms with Crippen LogP contribution in [0.3, 0.4) is 0 Å². The maximum atomic E-state index is 8.72. The lowest BCUT2D eigenvalue weighted by molar-refractivity contribution is 0.722. The lowest BCUT2D eigenvalue weighted by Crippen LogP contribution is -2.08. The molecule has 4 heteroatoms. The van der Waals surface area contributed by atoms with Crippen LogP contribution in [-0.2, 0) is 0 Å². The topological polar surface area (TPSA) is 88.2 Å². The molecule has 0 heterocycles. The van der Waals surface area contributed by atoms with Crippen molar-refractivity contribution in [1.82, 2.24) is 0 Å². The Balaban J connectivity index is 2.55. The summed E-state index contributed by atoms with van der Waals surface area (Å²) in [5.41, 5.74) is 11.7. The van der Waals surface area contributed by atoms with Gasteiger partial charge in [-0.25, -0.2) is 0 Å². The molecule has 0 bridgehead atoms. The smallest absolute Gasteiger partial charge is 0.0790 e. The van der Waals surface area contributed by atoms with Crippen molar-refractivity contribution in [3.8, 4) is 6.07 Å². The molecule has 2 atom stereocenters. The number of aliphatic imine (C=N–C) groups is 1. The molecule has 0 aliphatic heterocycles. The molecule has 70 valence electrons. The second-order valence-electron chi connectivity index (χ2n) is 3.67. The first-order valence-electron chi connectivity index (χ1n) is 4.16. The second kappa shape index (κ2) is 3.09. The summed E-state index contributed by atoms with van der Waals surface area (Å²) in [4.78, 5) is 4.17. The Morgan fingerprint density at radius 1 is 1.69 bits per heavy atom. The van der Waals surface area contributed by atoms with Crippen LogP contribution in [0.1, 0.15) is 20.3 Å². The normalized spacial score (nSPS) is 34.1. The summed E-state index contributed by atoms with van der Waals surface area (Å²) in [5, 5.41) is 8.72. The summed E-state index contributed by atoms with van der Waals surface area (Å²) in [7, 11) is 0. The zero-order valence-electron chi connectivity index (χ0n) is 7.91. The fourth-order valence-corrected chi connectivity index (χ4v) is 0.952. The third-order valence-corrected chi connectivity index (χ3v) is 2.30. The average molecular weight is 178 g/mol. The minimum atomic E-state index is -0.278. The van der Waals surface area contributed by atoms with Gasteiger partial charge < -0.3 is 11.5 Å². The van der Waals surface area contributed by atoms with Gasteiger partial charge in [-0.3, -0.25) is 4.99 Å². The van der Waals surface area contributed by atoms with Gasteiger partial charge >= 0.3 is 0 Å². The highest BCUT2D eigenvalue weighted by atomic mass is 14.9. The fourth-order valence-electron chi connectivity index (χ4n) is 0.952. The van der Waals surface area contributed by atoms with E-state index in [9.17, 15) is 0 Å². The predicted octanol–water partition coefficient (Wildman–Crippen LogP) is 0.508. The van der Waals surface area contributed by atoms with E-state index in [-0.39, 0.29) is 11.5 Å². The summed E-state index contributed by atoms with van der Waals surface area (Å²) in [6.45, 7) is 3.61. The number of nitrogens with zero attached hydrogens (tertiary/aromatic N) is 2. The van der Waals surface area contributed by atoms with Crippen LogP contribution in [0, 0.1) is 16.7 Å². The third kappa shape index (κ3) is 2.00. The molecule has 0 amide bonds. The van der Waals surface area contributed by atoms with E-state index in [0.29, 0.717) is 11.4 Å². The first-order chi connectivity index (χ1) is 5.99. The molecule has 1 fully saturated rings. The van der Waals surface area contributed by atoms with Gasteiger partial charge in [-0.05, 0) is 20.3 Å². The molecule has 0 unspecified atom stereocenters. The van der Waals surface area contributed by atoms with Crippen LogP contribution in [0.15, 0.2) is 16.4 Å². The van der Waals surface area contributed by atoms with Gasteiger partial charge in [0.05, 0.1) is 23.2 Å². The van der Waals surface area contributed by atoms with Gasteiger partial charge in [0.25, 0.3) is 0 Å². The Labute approximate surface area is 77.9 Å². The van der Waals surface area contributed by atoms with Crippen molar-refractivity contribution in [3.05, 3.63) is 11.4 Å². The number of nitrogens with two attached hydrogens (primary N) is 2.